The molecular weight excluding hydrogens is 398 g/mol. The molecule has 0 bridgehead atoms. The SMILES string of the molecule is Cc1cc(F)cc([C@H](NS(=O)(=O)C(F)(F)F)[C@@H](N)c2cc(F)cc(F)c2)c1. The number of hydrogen-bond donors (Lipinski definition) is 2. The molecule has 0 heterocycles. The molecule has 2 aromatic carbocycles. The van der Waals surface area contributed by atoms with Crippen LogP contribution in [0.25, 0.3) is 0 Å². The van der Waals surface area contributed by atoms with Gasteiger partial charge in [-0.2, -0.15) is 17.9 Å². The zero-order valence-electron chi connectivity index (χ0n) is 13.7. The van der Waals surface area contributed by atoms with Crippen LogP contribution in [0.2, 0.25) is 0 Å². The summed E-state index contributed by atoms with van der Waals surface area (Å²) in [7, 11) is -5.88. The summed E-state index contributed by atoms with van der Waals surface area (Å²) in [5, 5.41) is 0. The molecular formula is C16H14F6N2O2S. The van der Waals surface area contributed by atoms with Crippen molar-refractivity contribution in [1.29, 1.82) is 0 Å². The van der Waals surface area contributed by atoms with Crippen molar-refractivity contribution in [2.45, 2.75) is 24.5 Å². The van der Waals surface area contributed by atoms with Crippen molar-refractivity contribution in [2.75, 3.05) is 0 Å². The summed E-state index contributed by atoms with van der Waals surface area (Å²) in [6.45, 7) is 1.43. The van der Waals surface area contributed by atoms with Crippen molar-refractivity contribution in [3.63, 3.8) is 0 Å². The molecule has 11 heteroatoms. The lowest BCUT2D eigenvalue weighted by atomic mass is 9.93. The molecule has 27 heavy (non-hydrogen) atoms. The predicted molar refractivity (Wildman–Crippen MR) is 85.3 cm³/mol. The van der Waals surface area contributed by atoms with Gasteiger partial charge in [-0.15, -0.1) is 0 Å². The molecule has 0 radical (unpaired) electrons. The summed E-state index contributed by atoms with van der Waals surface area (Å²) in [5.41, 5.74) is -0.134. The van der Waals surface area contributed by atoms with Gasteiger partial charge in [0.25, 0.3) is 0 Å². The Labute approximate surface area is 151 Å². The number of aryl methyl sites for hydroxylation is 1. The number of halogens is 6. The minimum atomic E-state index is -5.88. The van der Waals surface area contributed by atoms with Gasteiger partial charge in [0.15, 0.2) is 0 Å². The van der Waals surface area contributed by atoms with E-state index in [1.54, 1.807) is 0 Å². The van der Waals surface area contributed by atoms with E-state index in [9.17, 15) is 34.8 Å². The fourth-order valence-electron chi connectivity index (χ4n) is 2.49. The first-order valence-electron chi connectivity index (χ1n) is 7.37. The van der Waals surface area contributed by atoms with E-state index in [1.807, 2.05) is 0 Å². The van der Waals surface area contributed by atoms with Gasteiger partial charge >= 0.3 is 15.5 Å². The van der Waals surface area contributed by atoms with Crippen molar-refractivity contribution >= 4 is 10.0 Å². The third-order valence-corrected chi connectivity index (χ3v) is 4.81. The molecule has 3 N–H and O–H groups in total. The molecule has 0 saturated heterocycles. The summed E-state index contributed by atoms with van der Waals surface area (Å²) >= 11 is 0. The number of alkyl halides is 3. The molecule has 0 unspecified atom stereocenters. The minimum Gasteiger partial charge on any atom is -0.322 e. The van der Waals surface area contributed by atoms with Gasteiger partial charge in [-0.05, 0) is 47.9 Å². The van der Waals surface area contributed by atoms with Gasteiger partial charge in [0.1, 0.15) is 17.5 Å². The third-order valence-electron chi connectivity index (χ3n) is 3.64. The first-order valence-corrected chi connectivity index (χ1v) is 8.86. The Morgan fingerprint density at radius 3 is 1.85 bits per heavy atom. The monoisotopic (exact) mass is 412 g/mol. The van der Waals surface area contributed by atoms with Crippen molar-refractivity contribution in [1.82, 2.24) is 4.72 Å². The molecule has 0 saturated carbocycles. The standard InChI is InChI=1S/C16H14F6N2O2S/c1-8-2-10(6-11(17)3-8)15(24-27(25,26)16(20,21)22)14(23)9-4-12(18)7-13(19)5-9/h2-7,14-15,24H,23H2,1H3/t14-,15-/m0/s1. The first kappa shape index (κ1) is 21.2. The Balaban J connectivity index is 2.58. The van der Waals surface area contributed by atoms with Crippen LogP contribution < -0.4 is 10.5 Å². The van der Waals surface area contributed by atoms with Gasteiger partial charge in [-0.1, -0.05) is 6.07 Å². The second-order valence-electron chi connectivity index (χ2n) is 5.84. The van der Waals surface area contributed by atoms with Crippen molar-refractivity contribution in [3.05, 3.63) is 70.5 Å². The molecule has 0 spiro atoms. The first-order chi connectivity index (χ1) is 12.3. The molecule has 2 atom stereocenters. The average Bonchev–Trinajstić information content (AvgIpc) is 2.49. The molecule has 0 fully saturated rings. The summed E-state index contributed by atoms with van der Waals surface area (Å²) in [6, 6.07) is 1.57. The summed E-state index contributed by atoms with van der Waals surface area (Å²) < 4.78 is 103. The third kappa shape index (κ3) is 4.99. The number of benzene rings is 2. The largest absolute Gasteiger partial charge is 0.511 e. The number of nitrogens with one attached hydrogen (secondary N) is 1. The highest BCUT2D eigenvalue weighted by Crippen LogP contribution is 2.32. The van der Waals surface area contributed by atoms with Crippen LogP contribution >= 0.6 is 0 Å². The second-order valence-corrected chi connectivity index (χ2v) is 7.54. The van der Waals surface area contributed by atoms with E-state index >= 15 is 0 Å². The maximum absolute atomic E-state index is 13.7. The highest BCUT2D eigenvalue weighted by atomic mass is 32.2. The van der Waals surface area contributed by atoms with Gasteiger partial charge in [0.05, 0.1) is 12.1 Å². The zero-order chi connectivity index (χ0) is 20.6. The Morgan fingerprint density at radius 1 is 0.889 bits per heavy atom. The van der Waals surface area contributed by atoms with Crippen LogP contribution in [0.5, 0.6) is 0 Å². The molecule has 0 aliphatic heterocycles. The van der Waals surface area contributed by atoms with Gasteiger partial charge < -0.3 is 5.73 Å². The molecule has 0 aromatic heterocycles. The lowest BCUT2D eigenvalue weighted by molar-refractivity contribution is -0.0451. The van der Waals surface area contributed by atoms with E-state index in [0.717, 1.165) is 24.3 Å². The van der Waals surface area contributed by atoms with E-state index in [-0.39, 0.29) is 16.7 Å². The smallest absolute Gasteiger partial charge is 0.322 e. The molecule has 2 rings (SSSR count). The Morgan fingerprint density at radius 2 is 1.37 bits per heavy atom. The van der Waals surface area contributed by atoms with Crippen molar-refractivity contribution in [2.24, 2.45) is 5.73 Å². The fraction of sp³-hybridized carbons (Fsp3) is 0.250. The van der Waals surface area contributed by atoms with Crippen LogP contribution in [-0.4, -0.2) is 13.9 Å². The van der Waals surface area contributed by atoms with Crippen LogP contribution in [0.3, 0.4) is 0 Å². The van der Waals surface area contributed by atoms with E-state index in [4.69, 9.17) is 5.73 Å². The van der Waals surface area contributed by atoms with Gasteiger partial charge in [-0.3, -0.25) is 0 Å². The maximum Gasteiger partial charge on any atom is 0.511 e. The van der Waals surface area contributed by atoms with Crippen LogP contribution in [0.15, 0.2) is 36.4 Å². The predicted octanol–water partition coefficient (Wildman–Crippen LogP) is 3.59. The molecule has 2 aromatic rings. The molecule has 148 valence electrons. The Bertz CT molecular complexity index is 906. The minimum absolute atomic E-state index is 0.238. The topological polar surface area (TPSA) is 72.2 Å². The lowest BCUT2D eigenvalue weighted by Crippen LogP contribution is -2.42. The Kier molecular flexibility index (Phi) is 5.88. The second kappa shape index (κ2) is 7.49. The maximum atomic E-state index is 13.7. The van der Waals surface area contributed by atoms with E-state index < -0.39 is 45.1 Å². The van der Waals surface area contributed by atoms with Crippen molar-refractivity contribution < 1.29 is 34.8 Å². The normalized spacial score (nSPS) is 14.8. The quantitative estimate of drug-likeness (QED) is 0.738. The lowest BCUT2D eigenvalue weighted by Gasteiger charge is -2.26. The summed E-state index contributed by atoms with van der Waals surface area (Å²) in [6.07, 6.45) is 0. The van der Waals surface area contributed by atoms with Crippen LogP contribution in [0.1, 0.15) is 28.8 Å². The molecule has 0 amide bonds. The van der Waals surface area contributed by atoms with Crippen LogP contribution in [0.4, 0.5) is 26.3 Å². The highest BCUT2D eigenvalue weighted by Gasteiger charge is 2.47. The van der Waals surface area contributed by atoms with Crippen molar-refractivity contribution in [3.8, 4) is 0 Å². The summed E-state index contributed by atoms with van der Waals surface area (Å²) in [5.74, 6) is -2.97. The summed E-state index contributed by atoms with van der Waals surface area (Å²) in [4.78, 5) is 0. The number of sulfonamides is 1. The fourth-order valence-corrected chi connectivity index (χ4v) is 3.24. The van der Waals surface area contributed by atoms with Gasteiger partial charge in [-0.25, -0.2) is 21.6 Å². The van der Waals surface area contributed by atoms with Crippen LogP contribution in [0, 0.1) is 24.4 Å². The van der Waals surface area contributed by atoms with Gasteiger partial charge in [0, 0.05) is 6.07 Å². The average molecular weight is 412 g/mol. The van der Waals surface area contributed by atoms with E-state index in [1.165, 1.54) is 17.7 Å². The van der Waals surface area contributed by atoms with E-state index in [0.29, 0.717) is 6.07 Å². The zero-order valence-corrected chi connectivity index (χ0v) is 14.5. The van der Waals surface area contributed by atoms with Gasteiger partial charge in [0.2, 0.25) is 0 Å². The molecule has 0 aliphatic rings. The molecule has 0 aliphatic carbocycles. The highest BCUT2D eigenvalue weighted by molar-refractivity contribution is 7.90. The number of rotatable bonds is 5. The Hall–Kier alpha value is -2.11. The molecule has 4 nitrogen and oxygen atoms in total. The number of nitrogens with two attached hydrogens (primary N) is 1. The van der Waals surface area contributed by atoms with E-state index in [2.05, 4.69) is 0 Å². The number of hydrogen-bond acceptors (Lipinski definition) is 3. The van der Waals surface area contributed by atoms with Crippen LogP contribution in [-0.2, 0) is 10.0 Å².